The molecule has 21 heavy (non-hydrogen) atoms. The molecule has 0 aromatic heterocycles. The van der Waals surface area contributed by atoms with E-state index in [-0.39, 0.29) is 17.6 Å². The van der Waals surface area contributed by atoms with Crippen molar-refractivity contribution in [3.8, 4) is 5.75 Å². The molecule has 0 heterocycles. The molecule has 1 N–H and O–H groups in total. The van der Waals surface area contributed by atoms with E-state index in [0.29, 0.717) is 18.0 Å². The average molecular weight is 292 g/mol. The van der Waals surface area contributed by atoms with Crippen molar-refractivity contribution in [2.45, 2.75) is 39.2 Å². The molecule has 1 amide bonds. The highest BCUT2D eigenvalue weighted by Crippen LogP contribution is 2.31. The lowest BCUT2D eigenvalue weighted by molar-refractivity contribution is -0.385. The molecule has 0 aliphatic heterocycles. The monoisotopic (exact) mass is 292 g/mol. The van der Waals surface area contributed by atoms with Gasteiger partial charge in [-0.05, 0) is 37.3 Å². The minimum absolute atomic E-state index is 0.164. The van der Waals surface area contributed by atoms with Gasteiger partial charge < -0.3 is 10.0 Å². The van der Waals surface area contributed by atoms with Crippen molar-refractivity contribution in [1.82, 2.24) is 4.90 Å². The Labute approximate surface area is 123 Å². The Balaban J connectivity index is 2.16. The predicted octanol–water partition coefficient (Wildman–Crippen LogP) is 2.95. The number of amides is 1. The van der Waals surface area contributed by atoms with Crippen molar-refractivity contribution in [3.63, 3.8) is 0 Å². The number of nitro groups is 1. The molecule has 1 aliphatic carbocycles. The SMILES string of the molecule is CC(C)CCN(C(=O)c1ccc([N+](=O)[O-])c(O)c1)C1CC1. The first-order valence-electron chi connectivity index (χ1n) is 7.18. The third-order valence-corrected chi connectivity index (χ3v) is 3.61. The minimum atomic E-state index is -0.666. The summed E-state index contributed by atoms with van der Waals surface area (Å²) in [5, 5.41) is 20.3. The summed E-state index contributed by atoms with van der Waals surface area (Å²) < 4.78 is 0. The number of rotatable bonds is 6. The van der Waals surface area contributed by atoms with Gasteiger partial charge in [0.05, 0.1) is 4.92 Å². The molecule has 0 spiro atoms. The van der Waals surface area contributed by atoms with E-state index >= 15 is 0 Å². The van der Waals surface area contributed by atoms with Crippen molar-refractivity contribution in [2.75, 3.05) is 6.54 Å². The van der Waals surface area contributed by atoms with Crippen molar-refractivity contribution >= 4 is 11.6 Å². The maximum Gasteiger partial charge on any atom is 0.310 e. The fourth-order valence-electron chi connectivity index (χ4n) is 2.21. The first-order chi connectivity index (χ1) is 9.90. The van der Waals surface area contributed by atoms with Crippen LogP contribution in [0.1, 0.15) is 43.5 Å². The topological polar surface area (TPSA) is 83.7 Å². The number of carbonyl (C=O) groups is 1. The third kappa shape index (κ3) is 3.71. The molecule has 114 valence electrons. The minimum Gasteiger partial charge on any atom is -0.502 e. The Morgan fingerprint density at radius 2 is 2.14 bits per heavy atom. The van der Waals surface area contributed by atoms with Crippen molar-refractivity contribution in [3.05, 3.63) is 33.9 Å². The molecule has 6 heteroatoms. The molecule has 1 aromatic rings. The lowest BCUT2D eigenvalue weighted by atomic mass is 10.1. The standard InChI is InChI=1S/C15H20N2O4/c1-10(2)7-8-16(12-4-5-12)15(19)11-3-6-13(17(20)21)14(18)9-11/h3,6,9-10,12,18H,4-5,7-8H2,1-2H3. The number of carbonyl (C=O) groups excluding carboxylic acids is 1. The summed E-state index contributed by atoms with van der Waals surface area (Å²) in [6, 6.07) is 4.04. The number of hydrogen-bond donors (Lipinski definition) is 1. The lowest BCUT2D eigenvalue weighted by Crippen LogP contribution is -2.34. The summed E-state index contributed by atoms with van der Waals surface area (Å²) in [4.78, 5) is 24.4. The zero-order chi connectivity index (χ0) is 15.6. The van der Waals surface area contributed by atoms with Crippen molar-refractivity contribution in [1.29, 1.82) is 0 Å². The Kier molecular flexibility index (Phi) is 4.45. The largest absolute Gasteiger partial charge is 0.502 e. The van der Waals surface area contributed by atoms with Crippen LogP contribution in [0.4, 0.5) is 5.69 Å². The number of aromatic hydroxyl groups is 1. The molecular formula is C15H20N2O4. The summed E-state index contributed by atoms with van der Waals surface area (Å²) in [6.07, 6.45) is 2.92. The van der Waals surface area contributed by atoms with Crippen LogP contribution in [0.25, 0.3) is 0 Å². The highest BCUT2D eigenvalue weighted by atomic mass is 16.6. The number of nitro benzene ring substituents is 1. The Hall–Kier alpha value is -2.11. The highest BCUT2D eigenvalue weighted by molar-refractivity contribution is 5.95. The second-order valence-corrected chi connectivity index (χ2v) is 5.87. The summed E-state index contributed by atoms with van der Waals surface area (Å²) in [5.41, 5.74) is -0.0829. The first-order valence-corrected chi connectivity index (χ1v) is 7.18. The Morgan fingerprint density at radius 1 is 1.48 bits per heavy atom. The maximum atomic E-state index is 12.5. The smallest absolute Gasteiger partial charge is 0.310 e. The van der Waals surface area contributed by atoms with E-state index in [0.717, 1.165) is 19.3 Å². The van der Waals surface area contributed by atoms with Crippen LogP contribution in [0, 0.1) is 16.0 Å². The Bertz CT molecular complexity index is 553. The first kappa shape index (κ1) is 15.3. The van der Waals surface area contributed by atoms with Crippen LogP contribution in [0.3, 0.4) is 0 Å². The van der Waals surface area contributed by atoms with Crippen LogP contribution in [-0.4, -0.2) is 33.4 Å². The van der Waals surface area contributed by atoms with E-state index in [2.05, 4.69) is 13.8 Å². The van der Waals surface area contributed by atoms with Gasteiger partial charge in [-0.25, -0.2) is 0 Å². The lowest BCUT2D eigenvalue weighted by Gasteiger charge is -2.23. The Morgan fingerprint density at radius 3 is 2.62 bits per heavy atom. The van der Waals surface area contributed by atoms with Crippen LogP contribution in [0.15, 0.2) is 18.2 Å². The summed E-state index contributed by atoms with van der Waals surface area (Å²) >= 11 is 0. The van der Waals surface area contributed by atoms with Gasteiger partial charge in [0, 0.05) is 24.2 Å². The predicted molar refractivity (Wildman–Crippen MR) is 78.3 cm³/mol. The molecule has 6 nitrogen and oxygen atoms in total. The molecule has 1 aromatic carbocycles. The molecule has 0 unspecified atom stereocenters. The zero-order valence-corrected chi connectivity index (χ0v) is 12.3. The van der Waals surface area contributed by atoms with Crippen LogP contribution in [-0.2, 0) is 0 Å². The molecular weight excluding hydrogens is 272 g/mol. The fraction of sp³-hybridized carbons (Fsp3) is 0.533. The molecule has 1 saturated carbocycles. The van der Waals surface area contributed by atoms with Gasteiger partial charge in [0.1, 0.15) is 0 Å². The summed E-state index contributed by atoms with van der Waals surface area (Å²) in [6.45, 7) is 4.89. The van der Waals surface area contributed by atoms with Gasteiger partial charge in [-0.1, -0.05) is 13.8 Å². The van der Waals surface area contributed by atoms with Crippen LogP contribution in [0.5, 0.6) is 5.75 Å². The van der Waals surface area contributed by atoms with Crippen LogP contribution < -0.4 is 0 Å². The fourth-order valence-corrected chi connectivity index (χ4v) is 2.21. The van der Waals surface area contributed by atoms with Gasteiger partial charge >= 0.3 is 5.69 Å². The van der Waals surface area contributed by atoms with Gasteiger partial charge in [0.15, 0.2) is 5.75 Å². The number of nitrogens with zero attached hydrogens (tertiary/aromatic N) is 2. The van der Waals surface area contributed by atoms with Crippen molar-refractivity contribution in [2.24, 2.45) is 5.92 Å². The average Bonchev–Trinajstić information content (AvgIpc) is 3.22. The molecule has 0 radical (unpaired) electrons. The molecule has 1 aliphatic rings. The molecule has 0 saturated heterocycles. The van der Waals surface area contributed by atoms with E-state index in [9.17, 15) is 20.0 Å². The molecule has 0 bridgehead atoms. The highest BCUT2D eigenvalue weighted by Gasteiger charge is 2.33. The van der Waals surface area contributed by atoms with Crippen molar-refractivity contribution < 1.29 is 14.8 Å². The van der Waals surface area contributed by atoms with Crippen LogP contribution in [0.2, 0.25) is 0 Å². The maximum absolute atomic E-state index is 12.5. The van der Waals surface area contributed by atoms with Gasteiger partial charge in [0.25, 0.3) is 5.91 Å². The third-order valence-electron chi connectivity index (χ3n) is 3.61. The number of phenols is 1. The molecule has 2 rings (SSSR count). The quantitative estimate of drug-likeness (QED) is 0.645. The second-order valence-electron chi connectivity index (χ2n) is 5.87. The van der Waals surface area contributed by atoms with E-state index < -0.39 is 10.7 Å². The zero-order valence-electron chi connectivity index (χ0n) is 12.3. The van der Waals surface area contributed by atoms with Gasteiger partial charge in [-0.2, -0.15) is 0 Å². The van der Waals surface area contributed by atoms with E-state index in [1.165, 1.54) is 18.2 Å². The second kappa shape index (κ2) is 6.11. The summed E-state index contributed by atoms with van der Waals surface area (Å²) in [7, 11) is 0. The molecule has 1 fully saturated rings. The normalized spacial score (nSPS) is 14.2. The number of phenolic OH excluding ortho intramolecular Hbond substituents is 1. The number of benzene rings is 1. The summed E-state index contributed by atoms with van der Waals surface area (Å²) in [5.74, 6) is -0.127. The van der Waals surface area contributed by atoms with Crippen LogP contribution >= 0.6 is 0 Å². The van der Waals surface area contributed by atoms with E-state index in [1.807, 2.05) is 4.90 Å². The van der Waals surface area contributed by atoms with Gasteiger partial charge in [0.2, 0.25) is 0 Å². The van der Waals surface area contributed by atoms with Gasteiger partial charge in [-0.3, -0.25) is 14.9 Å². The number of hydrogen-bond acceptors (Lipinski definition) is 4. The molecule has 0 atom stereocenters. The van der Waals surface area contributed by atoms with E-state index in [1.54, 1.807) is 0 Å². The van der Waals surface area contributed by atoms with Gasteiger partial charge in [-0.15, -0.1) is 0 Å². The van der Waals surface area contributed by atoms with E-state index in [4.69, 9.17) is 0 Å².